The molecule has 0 amide bonds. The first kappa shape index (κ1) is 16.7. The number of nitrogens with one attached hydrogen (secondary N) is 1. The fraction of sp³-hybridized carbons (Fsp3) is 0.500. The lowest BCUT2D eigenvalue weighted by atomic mass is 10.1. The third-order valence-electron chi connectivity index (χ3n) is 2.81. The molecule has 1 aromatic carbocycles. The van der Waals surface area contributed by atoms with Crippen LogP contribution < -0.4 is 5.32 Å². The van der Waals surface area contributed by atoms with E-state index in [-0.39, 0.29) is 37.5 Å². The van der Waals surface area contributed by atoms with Crippen molar-refractivity contribution in [3.63, 3.8) is 0 Å². The quantitative estimate of drug-likeness (QED) is 0.875. The molecule has 2 rings (SSSR count). The normalized spacial score (nSPS) is 20.2. The van der Waals surface area contributed by atoms with Crippen LogP contribution in [0.5, 0.6) is 0 Å². The Balaban J connectivity index is 0.00000128. The van der Waals surface area contributed by atoms with Crippen molar-refractivity contribution in [2.75, 3.05) is 26.2 Å². The molecular weight excluding hydrogens is 259 g/mol. The first-order chi connectivity index (χ1) is 7.38. The maximum atomic E-state index is 9.09. The van der Waals surface area contributed by atoms with Crippen LogP contribution in [0.25, 0.3) is 0 Å². The molecule has 2 N–H and O–H groups in total. The van der Waals surface area contributed by atoms with E-state index in [9.17, 15) is 0 Å². The summed E-state index contributed by atoms with van der Waals surface area (Å²) in [6.45, 7) is 4.18. The van der Waals surface area contributed by atoms with Crippen LogP contribution >= 0.6 is 24.8 Å². The second kappa shape index (κ2) is 8.72. The van der Waals surface area contributed by atoms with Crippen LogP contribution in [-0.2, 0) is 6.54 Å². The molecule has 98 valence electrons. The van der Waals surface area contributed by atoms with E-state index in [2.05, 4.69) is 34.5 Å². The molecule has 1 saturated heterocycles. The van der Waals surface area contributed by atoms with E-state index >= 15 is 0 Å². The van der Waals surface area contributed by atoms with Gasteiger partial charge in [-0.3, -0.25) is 4.90 Å². The Kier molecular flexibility index (Phi) is 8.56. The molecule has 1 aliphatic rings. The number of rotatable bonds is 3. The smallest absolute Gasteiger partial charge is 0.0597 e. The zero-order valence-corrected chi connectivity index (χ0v) is 11.3. The van der Waals surface area contributed by atoms with Crippen LogP contribution in [0.4, 0.5) is 0 Å². The number of halogens is 2. The molecule has 17 heavy (non-hydrogen) atoms. The van der Waals surface area contributed by atoms with Gasteiger partial charge in [-0.05, 0) is 5.56 Å². The highest BCUT2D eigenvalue weighted by atomic mass is 35.5. The first-order valence-corrected chi connectivity index (χ1v) is 5.49. The fourth-order valence-corrected chi connectivity index (χ4v) is 2.00. The highest BCUT2D eigenvalue weighted by molar-refractivity contribution is 5.85. The van der Waals surface area contributed by atoms with Gasteiger partial charge in [0.2, 0.25) is 0 Å². The summed E-state index contributed by atoms with van der Waals surface area (Å²) in [7, 11) is 0. The van der Waals surface area contributed by atoms with Crippen LogP contribution in [0.1, 0.15) is 5.56 Å². The van der Waals surface area contributed by atoms with Gasteiger partial charge in [-0.1, -0.05) is 30.3 Å². The molecule has 0 saturated carbocycles. The molecule has 0 radical (unpaired) electrons. The summed E-state index contributed by atoms with van der Waals surface area (Å²) >= 11 is 0. The topological polar surface area (TPSA) is 35.5 Å². The minimum Gasteiger partial charge on any atom is -0.395 e. The summed E-state index contributed by atoms with van der Waals surface area (Å²) in [4.78, 5) is 2.38. The van der Waals surface area contributed by atoms with E-state index in [0.717, 1.165) is 26.2 Å². The summed E-state index contributed by atoms with van der Waals surface area (Å²) < 4.78 is 0. The van der Waals surface area contributed by atoms with Crippen LogP contribution in [-0.4, -0.2) is 42.3 Å². The Hall–Kier alpha value is -0.320. The van der Waals surface area contributed by atoms with Gasteiger partial charge >= 0.3 is 0 Å². The SMILES string of the molecule is Cl.Cl.OC[C@H]1CN(Cc2ccccc2)CCN1. The standard InChI is InChI=1S/C12H18N2O.2ClH/c15-10-12-9-14(7-6-13-12)8-11-4-2-1-3-5-11;;/h1-5,12-13,15H,6-10H2;2*1H/t12-;;/m1../s1. The third-order valence-corrected chi connectivity index (χ3v) is 2.81. The maximum Gasteiger partial charge on any atom is 0.0597 e. The Morgan fingerprint density at radius 3 is 2.59 bits per heavy atom. The van der Waals surface area contributed by atoms with Crippen LogP contribution in [0, 0.1) is 0 Å². The predicted molar refractivity (Wildman–Crippen MR) is 75.1 cm³/mol. The molecule has 1 aliphatic heterocycles. The molecule has 0 aromatic heterocycles. The van der Waals surface area contributed by atoms with Crippen molar-refractivity contribution in [2.45, 2.75) is 12.6 Å². The lowest BCUT2D eigenvalue weighted by Crippen LogP contribution is -2.51. The predicted octanol–water partition coefficient (Wildman–Crippen LogP) is 1.30. The Bertz CT molecular complexity index is 298. The molecule has 1 fully saturated rings. The van der Waals surface area contributed by atoms with Gasteiger partial charge in [0.25, 0.3) is 0 Å². The van der Waals surface area contributed by atoms with Crippen molar-refractivity contribution < 1.29 is 5.11 Å². The summed E-state index contributed by atoms with van der Waals surface area (Å²) in [6.07, 6.45) is 0. The van der Waals surface area contributed by atoms with E-state index in [1.807, 2.05) is 6.07 Å². The van der Waals surface area contributed by atoms with Crippen molar-refractivity contribution in [3.05, 3.63) is 35.9 Å². The van der Waals surface area contributed by atoms with Crippen LogP contribution in [0.3, 0.4) is 0 Å². The number of hydrogen-bond donors (Lipinski definition) is 2. The number of aliphatic hydroxyl groups is 1. The van der Waals surface area contributed by atoms with E-state index in [0.29, 0.717) is 0 Å². The fourth-order valence-electron chi connectivity index (χ4n) is 2.00. The monoisotopic (exact) mass is 278 g/mol. The highest BCUT2D eigenvalue weighted by Crippen LogP contribution is 2.06. The number of piperazine rings is 1. The zero-order chi connectivity index (χ0) is 10.5. The van der Waals surface area contributed by atoms with E-state index in [1.54, 1.807) is 0 Å². The minimum absolute atomic E-state index is 0. The summed E-state index contributed by atoms with van der Waals surface area (Å²) in [5, 5.41) is 12.4. The summed E-state index contributed by atoms with van der Waals surface area (Å²) in [5.41, 5.74) is 1.34. The van der Waals surface area contributed by atoms with Gasteiger partial charge in [0, 0.05) is 32.2 Å². The Morgan fingerprint density at radius 1 is 1.24 bits per heavy atom. The second-order valence-electron chi connectivity index (χ2n) is 4.05. The van der Waals surface area contributed by atoms with Gasteiger partial charge < -0.3 is 10.4 Å². The molecule has 1 aromatic rings. The maximum absolute atomic E-state index is 9.09. The Morgan fingerprint density at radius 2 is 1.94 bits per heavy atom. The molecule has 0 aliphatic carbocycles. The number of benzene rings is 1. The highest BCUT2D eigenvalue weighted by Gasteiger charge is 2.17. The van der Waals surface area contributed by atoms with Crippen molar-refractivity contribution in [1.29, 1.82) is 0 Å². The molecule has 0 unspecified atom stereocenters. The first-order valence-electron chi connectivity index (χ1n) is 5.49. The van der Waals surface area contributed by atoms with Gasteiger partial charge in [0.15, 0.2) is 0 Å². The van der Waals surface area contributed by atoms with Gasteiger partial charge in [-0.2, -0.15) is 0 Å². The molecule has 0 bridgehead atoms. The molecule has 5 heteroatoms. The second-order valence-corrected chi connectivity index (χ2v) is 4.05. The Labute approximate surface area is 115 Å². The van der Waals surface area contributed by atoms with Crippen molar-refractivity contribution >= 4 is 24.8 Å². The lowest BCUT2D eigenvalue weighted by Gasteiger charge is -2.32. The minimum atomic E-state index is 0. The molecule has 0 spiro atoms. The lowest BCUT2D eigenvalue weighted by molar-refractivity contribution is 0.143. The van der Waals surface area contributed by atoms with Crippen LogP contribution in [0.2, 0.25) is 0 Å². The summed E-state index contributed by atoms with van der Waals surface area (Å²) in [6, 6.07) is 10.7. The number of aliphatic hydroxyl groups excluding tert-OH is 1. The zero-order valence-electron chi connectivity index (χ0n) is 9.71. The van der Waals surface area contributed by atoms with Crippen molar-refractivity contribution in [2.24, 2.45) is 0 Å². The van der Waals surface area contributed by atoms with Crippen LogP contribution in [0.15, 0.2) is 30.3 Å². The average molecular weight is 279 g/mol. The van der Waals surface area contributed by atoms with Gasteiger partial charge in [-0.15, -0.1) is 24.8 Å². The van der Waals surface area contributed by atoms with E-state index in [1.165, 1.54) is 5.56 Å². The number of nitrogens with zero attached hydrogens (tertiary/aromatic N) is 1. The largest absolute Gasteiger partial charge is 0.395 e. The molecule has 1 heterocycles. The average Bonchev–Trinajstić information content (AvgIpc) is 2.31. The summed E-state index contributed by atoms with van der Waals surface area (Å²) in [5.74, 6) is 0. The van der Waals surface area contributed by atoms with E-state index in [4.69, 9.17) is 5.11 Å². The van der Waals surface area contributed by atoms with Gasteiger partial charge in [0.1, 0.15) is 0 Å². The number of hydrogen-bond acceptors (Lipinski definition) is 3. The molecule has 3 nitrogen and oxygen atoms in total. The van der Waals surface area contributed by atoms with E-state index < -0.39 is 0 Å². The van der Waals surface area contributed by atoms with Crippen molar-refractivity contribution in [3.8, 4) is 0 Å². The van der Waals surface area contributed by atoms with Gasteiger partial charge in [0.05, 0.1) is 6.61 Å². The molecular formula is C12H20Cl2N2O. The van der Waals surface area contributed by atoms with Crippen molar-refractivity contribution in [1.82, 2.24) is 10.2 Å². The molecule has 1 atom stereocenters. The third kappa shape index (κ3) is 5.23. The van der Waals surface area contributed by atoms with Gasteiger partial charge in [-0.25, -0.2) is 0 Å².